The summed E-state index contributed by atoms with van der Waals surface area (Å²) in [5.41, 5.74) is 1.26. The summed E-state index contributed by atoms with van der Waals surface area (Å²) in [5, 5.41) is 10.2. The minimum absolute atomic E-state index is 0.234. The van der Waals surface area contributed by atoms with Gasteiger partial charge in [0.05, 0.1) is 11.8 Å². The highest BCUT2D eigenvalue weighted by molar-refractivity contribution is 8.00. The first-order valence-electron chi connectivity index (χ1n) is 5.92. The number of anilines is 1. The van der Waals surface area contributed by atoms with Crippen molar-refractivity contribution in [2.45, 2.75) is 25.2 Å². The molecule has 0 amide bonds. The van der Waals surface area contributed by atoms with Gasteiger partial charge >= 0.3 is 0 Å². The number of hydrogen-bond acceptors (Lipinski definition) is 3. The zero-order chi connectivity index (χ0) is 12.4. The van der Waals surface area contributed by atoms with E-state index >= 15 is 0 Å². The molecule has 2 atom stereocenters. The number of rotatable bonds is 2. The van der Waals surface area contributed by atoms with E-state index in [2.05, 4.69) is 11.8 Å². The Kier molecular flexibility index (Phi) is 3.94. The largest absolute Gasteiger partial charge is 0.389 e. The number of aliphatic hydroxyl groups is 1. The molecule has 2 nitrogen and oxygen atoms in total. The minimum atomic E-state index is -0.634. The molecule has 0 bridgehead atoms. The molecular formula is C13H18FNOS. The highest BCUT2D eigenvalue weighted by Gasteiger charge is 2.23. The Labute approximate surface area is 106 Å². The molecule has 1 aliphatic heterocycles. The molecular weight excluding hydrogens is 237 g/mol. The third kappa shape index (κ3) is 2.75. The van der Waals surface area contributed by atoms with Crippen LogP contribution in [0.3, 0.4) is 0 Å². The molecule has 0 aliphatic carbocycles. The minimum Gasteiger partial charge on any atom is -0.389 e. The summed E-state index contributed by atoms with van der Waals surface area (Å²) in [6.07, 6.45) is -0.634. The van der Waals surface area contributed by atoms with E-state index < -0.39 is 6.10 Å². The van der Waals surface area contributed by atoms with E-state index in [1.165, 1.54) is 6.07 Å². The van der Waals surface area contributed by atoms with E-state index in [4.69, 9.17) is 0 Å². The Morgan fingerprint density at radius 3 is 2.94 bits per heavy atom. The van der Waals surface area contributed by atoms with Gasteiger partial charge in [0.15, 0.2) is 0 Å². The first-order valence-corrected chi connectivity index (χ1v) is 6.97. The van der Waals surface area contributed by atoms with Crippen LogP contribution in [0.4, 0.5) is 10.1 Å². The van der Waals surface area contributed by atoms with E-state index in [1.54, 1.807) is 19.1 Å². The first kappa shape index (κ1) is 12.7. The van der Waals surface area contributed by atoms with Crippen molar-refractivity contribution in [3.63, 3.8) is 0 Å². The fraction of sp³-hybridized carbons (Fsp3) is 0.538. The van der Waals surface area contributed by atoms with Gasteiger partial charge in [0, 0.05) is 29.7 Å². The van der Waals surface area contributed by atoms with Gasteiger partial charge in [-0.15, -0.1) is 0 Å². The first-order chi connectivity index (χ1) is 8.09. The van der Waals surface area contributed by atoms with Crippen LogP contribution >= 0.6 is 11.8 Å². The summed E-state index contributed by atoms with van der Waals surface area (Å²) in [5.74, 6) is 0.775. The molecule has 1 aromatic carbocycles. The number of benzene rings is 1. The third-order valence-corrected chi connectivity index (χ3v) is 4.16. The second-order valence-electron chi connectivity index (χ2n) is 4.48. The standard InChI is InChI=1S/C13H18FNOS/c1-9-8-15(6-7-17-9)13-11(10(2)16)4-3-5-12(13)14/h3-5,9-10,16H,6-8H2,1-2H3/t9?,10-/m1/s1. The maximum absolute atomic E-state index is 14.0. The maximum Gasteiger partial charge on any atom is 0.146 e. The smallest absolute Gasteiger partial charge is 0.146 e. The lowest BCUT2D eigenvalue weighted by Crippen LogP contribution is -2.37. The van der Waals surface area contributed by atoms with Gasteiger partial charge in [-0.2, -0.15) is 11.8 Å². The average Bonchev–Trinajstić information content (AvgIpc) is 2.28. The Bertz CT molecular complexity index is 397. The van der Waals surface area contributed by atoms with Gasteiger partial charge in [-0.3, -0.25) is 0 Å². The third-order valence-electron chi connectivity index (χ3n) is 3.03. The van der Waals surface area contributed by atoms with Crippen LogP contribution in [0.5, 0.6) is 0 Å². The van der Waals surface area contributed by atoms with Crippen molar-refractivity contribution in [1.29, 1.82) is 0 Å². The Balaban J connectivity index is 2.35. The number of hydrogen-bond donors (Lipinski definition) is 1. The van der Waals surface area contributed by atoms with Crippen molar-refractivity contribution in [2.75, 3.05) is 23.7 Å². The fourth-order valence-corrected chi connectivity index (χ4v) is 3.24. The molecule has 94 valence electrons. The molecule has 1 heterocycles. The zero-order valence-corrected chi connectivity index (χ0v) is 11.0. The highest BCUT2D eigenvalue weighted by atomic mass is 32.2. The van der Waals surface area contributed by atoms with Crippen LogP contribution in [0.1, 0.15) is 25.5 Å². The summed E-state index contributed by atoms with van der Waals surface area (Å²) in [4.78, 5) is 2.05. The van der Waals surface area contributed by atoms with Crippen LogP contribution in [0, 0.1) is 5.82 Å². The van der Waals surface area contributed by atoms with Crippen LogP contribution in [0.25, 0.3) is 0 Å². The molecule has 2 rings (SSSR count). The van der Waals surface area contributed by atoms with Crippen molar-refractivity contribution in [3.05, 3.63) is 29.6 Å². The van der Waals surface area contributed by atoms with Crippen LogP contribution in [0.2, 0.25) is 0 Å². The lowest BCUT2D eigenvalue weighted by molar-refractivity contribution is 0.199. The second kappa shape index (κ2) is 5.27. The topological polar surface area (TPSA) is 23.5 Å². The molecule has 1 fully saturated rings. The van der Waals surface area contributed by atoms with Gasteiger partial charge in [-0.05, 0) is 13.0 Å². The van der Waals surface area contributed by atoms with E-state index in [1.807, 2.05) is 11.8 Å². The van der Waals surface area contributed by atoms with Crippen molar-refractivity contribution in [1.82, 2.24) is 0 Å². The van der Waals surface area contributed by atoms with Gasteiger partial charge in [-0.1, -0.05) is 19.1 Å². The van der Waals surface area contributed by atoms with Crippen LogP contribution in [-0.2, 0) is 0 Å². The molecule has 17 heavy (non-hydrogen) atoms. The Morgan fingerprint density at radius 1 is 1.53 bits per heavy atom. The molecule has 1 unspecified atom stereocenters. The zero-order valence-electron chi connectivity index (χ0n) is 10.2. The summed E-state index contributed by atoms with van der Waals surface area (Å²) >= 11 is 1.91. The summed E-state index contributed by atoms with van der Waals surface area (Å²) in [6, 6.07) is 4.92. The molecule has 1 N–H and O–H groups in total. The lowest BCUT2D eigenvalue weighted by atomic mass is 10.1. The van der Waals surface area contributed by atoms with Gasteiger partial charge in [-0.25, -0.2) is 4.39 Å². The number of halogens is 1. The van der Waals surface area contributed by atoms with Crippen molar-refractivity contribution < 1.29 is 9.50 Å². The number of nitrogens with zero attached hydrogens (tertiary/aromatic N) is 1. The van der Waals surface area contributed by atoms with Gasteiger partial charge in [0.1, 0.15) is 5.82 Å². The number of thioether (sulfide) groups is 1. The van der Waals surface area contributed by atoms with Gasteiger partial charge in [0.25, 0.3) is 0 Å². The van der Waals surface area contributed by atoms with Crippen LogP contribution in [-0.4, -0.2) is 29.2 Å². The lowest BCUT2D eigenvalue weighted by Gasteiger charge is -2.34. The monoisotopic (exact) mass is 255 g/mol. The van der Waals surface area contributed by atoms with Crippen molar-refractivity contribution >= 4 is 17.4 Å². The number of para-hydroxylation sites is 1. The molecule has 4 heteroatoms. The maximum atomic E-state index is 14.0. The molecule has 0 spiro atoms. The van der Waals surface area contributed by atoms with Crippen LogP contribution in [0.15, 0.2) is 18.2 Å². The fourth-order valence-electron chi connectivity index (χ4n) is 2.22. The molecule has 1 aliphatic rings. The second-order valence-corrected chi connectivity index (χ2v) is 6.03. The molecule has 0 radical (unpaired) electrons. The van der Waals surface area contributed by atoms with E-state index in [-0.39, 0.29) is 5.82 Å². The van der Waals surface area contributed by atoms with E-state index in [0.29, 0.717) is 16.5 Å². The Morgan fingerprint density at radius 2 is 2.29 bits per heavy atom. The van der Waals surface area contributed by atoms with Crippen molar-refractivity contribution in [3.8, 4) is 0 Å². The van der Waals surface area contributed by atoms with Gasteiger partial charge in [0.2, 0.25) is 0 Å². The molecule has 0 saturated carbocycles. The molecule has 1 aromatic rings. The van der Waals surface area contributed by atoms with Crippen molar-refractivity contribution in [2.24, 2.45) is 0 Å². The highest BCUT2D eigenvalue weighted by Crippen LogP contribution is 2.32. The van der Waals surface area contributed by atoms with E-state index in [0.717, 1.165) is 18.8 Å². The predicted molar refractivity (Wildman–Crippen MR) is 71.2 cm³/mol. The summed E-state index contributed by atoms with van der Waals surface area (Å²) in [7, 11) is 0. The quantitative estimate of drug-likeness (QED) is 0.879. The molecule has 0 aromatic heterocycles. The summed E-state index contributed by atoms with van der Waals surface area (Å²) in [6.45, 7) is 5.51. The van der Waals surface area contributed by atoms with Crippen LogP contribution < -0.4 is 4.90 Å². The predicted octanol–water partition coefficient (Wildman–Crippen LogP) is 2.82. The van der Waals surface area contributed by atoms with Gasteiger partial charge < -0.3 is 10.0 Å². The number of aliphatic hydroxyl groups excluding tert-OH is 1. The van der Waals surface area contributed by atoms with E-state index in [9.17, 15) is 9.50 Å². The average molecular weight is 255 g/mol. The Hall–Kier alpha value is -0.740. The normalized spacial score (nSPS) is 22.6. The summed E-state index contributed by atoms with van der Waals surface area (Å²) < 4.78 is 14.0. The SMILES string of the molecule is CC1CN(c2c(F)cccc2[C@@H](C)O)CCS1. The molecule has 1 saturated heterocycles.